The van der Waals surface area contributed by atoms with Crippen LogP contribution in [0.25, 0.3) is 0 Å². The van der Waals surface area contributed by atoms with Gasteiger partial charge in [0.25, 0.3) is 0 Å². The SMILES string of the molecule is COC(=O)C1CCCN1C(=O)Cn1cc(NC(=O)N(C)C)nn1. The molecule has 0 aromatic carbocycles. The summed E-state index contributed by atoms with van der Waals surface area (Å²) in [5.41, 5.74) is 0. The number of nitrogens with zero attached hydrogens (tertiary/aromatic N) is 5. The van der Waals surface area contributed by atoms with E-state index in [9.17, 15) is 14.4 Å². The lowest BCUT2D eigenvalue weighted by atomic mass is 10.2. The summed E-state index contributed by atoms with van der Waals surface area (Å²) in [6, 6.07) is -0.877. The van der Waals surface area contributed by atoms with E-state index in [-0.39, 0.29) is 24.3 Å². The molecule has 1 aliphatic heterocycles. The van der Waals surface area contributed by atoms with Crippen molar-refractivity contribution in [2.24, 2.45) is 0 Å². The van der Waals surface area contributed by atoms with Crippen molar-refractivity contribution in [1.82, 2.24) is 24.8 Å². The van der Waals surface area contributed by atoms with Gasteiger partial charge in [-0.25, -0.2) is 14.3 Å². The number of ether oxygens (including phenoxy) is 1. The first kappa shape index (κ1) is 16.7. The van der Waals surface area contributed by atoms with Gasteiger partial charge >= 0.3 is 12.0 Å². The van der Waals surface area contributed by atoms with E-state index >= 15 is 0 Å². The number of anilines is 1. The molecule has 126 valence electrons. The Bertz CT molecular complexity index is 599. The largest absolute Gasteiger partial charge is 0.467 e. The summed E-state index contributed by atoms with van der Waals surface area (Å²) in [7, 11) is 4.51. The molecule has 2 heterocycles. The monoisotopic (exact) mass is 324 g/mol. The number of hydrogen-bond acceptors (Lipinski definition) is 6. The molecule has 3 amide bonds. The number of esters is 1. The van der Waals surface area contributed by atoms with Gasteiger partial charge in [-0.2, -0.15) is 0 Å². The van der Waals surface area contributed by atoms with Gasteiger partial charge in [-0.15, -0.1) is 5.10 Å². The minimum atomic E-state index is -0.538. The zero-order valence-electron chi connectivity index (χ0n) is 13.4. The molecule has 1 N–H and O–H groups in total. The fraction of sp³-hybridized carbons (Fsp3) is 0.615. The third-order valence-electron chi connectivity index (χ3n) is 3.52. The van der Waals surface area contributed by atoms with E-state index in [2.05, 4.69) is 15.6 Å². The molecule has 10 heteroatoms. The van der Waals surface area contributed by atoms with Gasteiger partial charge < -0.3 is 14.5 Å². The van der Waals surface area contributed by atoms with E-state index in [1.807, 2.05) is 0 Å². The summed E-state index contributed by atoms with van der Waals surface area (Å²) in [4.78, 5) is 38.3. The fourth-order valence-electron chi connectivity index (χ4n) is 2.33. The highest BCUT2D eigenvalue weighted by molar-refractivity contribution is 5.88. The van der Waals surface area contributed by atoms with Crippen LogP contribution < -0.4 is 5.32 Å². The van der Waals surface area contributed by atoms with Crippen LogP contribution in [0.3, 0.4) is 0 Å². The van der Waals surface area contributed by atoms with Crippen molar-refractivity contribution in [3.8, 4) is 0 Å². The average molecular weight is 324 g/mol. The van der Waals surface area contributed by atoms with Crippen molar-refractivity contribution < 1.29 is 19.1 Å². The van der Waals surface area contributed by atoms with Crippen molar-refractivity contribution in [2.75, 3.05) is 33.1 Å². The zero-order chi connectivity index (χ0) is 17.0. The van der Waals surface area contributed by atoms with Gasteiger partial charge in [0.05, 0.1) is 13.3 Å². The van der Waals surface area contributed by atoms with Gasteiger partial charge in [0, 0.05) is 20.6 Å². The van der Waals surface area contributed by atoms with E-state index < -0.39 is 12.0 Å². The number of nitrogens with one attached hydrogen (secondary N) is 1. The Labute approximate surface area is 133 Å². The molecule has 23 heavy (non-hydrogen) atoms. The van der Waals surface area contributed by atoms with Gasteiger partial charge in [0.2, 0.25) is 5.91 Å². The number of carbonyl (C=O) groups excluding carboxylic acids is 3. The molecule has 0 saturated carbocycles. The van der Waals surface area contributed by atoms with Crippen LogP contribution >= 0.6 is 0 Å². The van der Waals surface area contributed by atoms with Gasteiger partial charge in [-0.3, -0.25) is 10.1 Å². The number of amides is 3. The lowest BCUT2D eigenvalue weighted by Crippen LogP contribution is -2.42. The smallest absolute Gasteiger partial charge is 0.328 e. The molecule has 1 aromatic rings. The number of likely N-dealkylation sites (tertiary alicyclic amines) is 1. The molecule has 0 radical (unpaired) electrons. The van der Waals surface area contributed by atoms with Crippen LogP contribution in [0.15, 0.2) is 6.20 Å². The number of rotatable bonds is 4. The normalized spacial score (nSPS) is 17.0. The Morgan fingerprint density at radius 3 is 2.83 bits per heavy atom. The van der Waals surface area contributed by atoms with Crippen molar-refractivity contribution in [2.45, 2.75) is 25.4 Å². The molecule has 2 rings (SSSR count). The molecule has 0 bridgehead atoms. The number of carbonyl (C=O) groups is 3. The molecule has 10 nitrogen and oxygen atoms in total. The maximum Gasteiger partial charge on any atom is 0.328 e. The van der Waals surface area contributed by atoms with E-state index in [0.29, 0.717) is 13.0 Å². The Hall–Kier alpha value is -2.65. The van der Waals surface area contributed by atoms with Crippen LogP contribution in [-0.4, -0.2) is 76.5 Å². The van der Waals surface area contributed by atoms with Gasteiger partial charge in [0.15, 0.2) is 5.82 Å². The molecule has 0 aliphatic carbocycles. The summed E-state index contributed by atoms with van der Waals surface area (Å²) in [5, 5.41) is 10.1. The summed E-state index contributed by atoms with van der Waals surface area (Å²) in [6.07, 6.45) is 2.81. The predicted octanol–water partition coefficient (Wildman–Crippen LogP) is -0.464. The van der Waals surface area contributed by atoms with Crippen molar-refractivity contribution in [1.29, 1.82) is 0 Å². The molecular weight excluding hydrogens is 304 g/mol. The summed E-state index contributed by atoms with van der Waals surface area (Å²) in [5.74, 6) is -0.399. The number of methoxy groups -OCH3 is 1. The molecule has 1 unspecified atom stereocenters. The Balaban J connectivity index is 1.96. The lowest BCUT2D eigenvalue weighted by Gasteiger charge is -2.22. The highest BCUT2D eigenvalue weighted by atomic mass is 16.5. The van der Waals surface area contributed by atoms with E-state index in [1.165, 1.54) is 27.8 Å². The summed E-state index contributed by atoms with van der Waals surface area (Å²) >= 11 is 0. The lowest BCUT2D eigenvalue weighted by molar-refractivity contribution is -0.151. The Morgan fingerprint density at radius 2 is 2.17 bits per heavy atom. The van der Waals surface area contributed by atoms with E-state index in [4.69, 9.17) is 4.74 Å². The average Bonchev–Trinajstić information content (AvgIpc) is 3.15. The van der Waals surface area contributed by atoms with Crippen LogP contribution in [0.5, 0.6) is 0 Å². The van der Waals surface area contributed by atoms with Crippen LogP contribution in [0.1, 0.15) is 12.8 Å². The number of urea groups is 1. The summed E-state index contributed by atoms with van der Waals surface area (Å²) < 4.78 is 6.03. The van der Waals surface area contributed by atoms with Crippen molar-refractivity contribution >= 4 is 23.7 Å². The molecule has 1 aromatic heterocycles. The quantitative estimate of drug-likeness (QED) is 0.750. The van der Waals surface area contributed by atoms with Gasteiger partial charge in [-0.1, -0.05) is 5.21 Å². The van der Waals surface area contributed by atoms with Crippen LogP contribution in [-0.2, 0) is 20.9 Å². The standard InChI is InChI=1S/C13H20N6O4/c1-17(2)13(22)14-10-7-18(16-15-10)8-11(20)19-6-4-5-9(19)12(21)23-3/h7,9H,4-6,8H2,1-3H3,(H,14,22). The Morgan fingerprint density at radius 1 is 1.43 bits per heavy atom. The minimum Gasteiger partial charge on any atom is -0.467 e. The third kappa shape index (κ3) is 3.96. The molecule has 1 atom stereocenters. The Kier molecular flexibility index (Phi) is 5.14. The van der Waals surface area contributed by atoms with Crippen molar-refractivity contribution in [3.05, 3.63) is 6.20 Å². The maximum absolute atomic E-state index is 12.3. The summed E-state index contributed by atoms with van der Waals surface area (Å²) in [6.45, 7) is 0.454. The first-order chi connectivity index (χ1) is 10.9. The minimum absolute atomic E-state index is 0.0572. The second-order valence-corrected chi connectivity index (χ2v) is 5.39. The second-order valence-electron chi connectivity index (χ2n) is 5.39. The van der Waals surface area contributed by atoms with Crippen molar-refractivity contribution in [3.63, 3.8) is 0 Å². The van der Waals surface area contributed by atoms with E-state index in [0.717, 1.165) is 6.42 Å². The number of hydrogen-bond donors (Lipinski definition) is 1. The fourth-order valence-corrected chi connectivity index (χ4v) is 2.33. The second kappa shape index (κ2) is 7.07. The van der Waals surface area contributed by atoms with Crippen LogP contribution in [0, 0.1) is 0 Å². The topological polar surface area (TPSA) is 110 Å². The predicted molar refractivity (Wildman–Crippen MR) is 79.5 cm³/mol. The highest BCUT2D eigenvalue weighted by Crippen LogP contribution is 2.19. The first-order valence-electron chi connectivity index (χ1n) is 7.18. The third-order valence-corrected chi connectivity index (χ3v) is 3.52. The molecule has 1 aliphatic rings. The van der Waals surface area contributed by atoms with E-state index in [1.54, 1.807) is 14.1 Å². The maximum atomic E-state index is 12.3. The molecule has 0 spiro atoms. The van der Waals surface area contributed by atoms with Crippen LogP contribution in [0.4, 0.5) is 10.6 Å². The van der Waals surface area contributed by atoms with Gasteiger partial charge in [0.1, 0.15) is 12.6 Å². The highest BCUT2D eigenvalue weighted by Gasteiger charge is 2.34. The van der Waals surface area contributed by atoms with Gasteiger partial charge in [-0.05, 0) is 12.8 Å². The zero-order valence-corrected chi connectivity index (χ0v) is 13.4. The molecule has 1 fully saturated rings. The molecule has 1 saturated heterocycles. The molecular formula is C13H20N6O4. The number of aromatic nitrogens is 3. The van der Waals surface area contributed by atoms with Crippen LogP contribution in [0.2, 0.25) is 0 Å². The first-order valence-corrected chi connectivity index (χ1v) is 7.18.